The van der Waals surface area contributed by atoms with Crippen LogP contribution >= 0.6 is 34.9 Å². The Balaban J connectivity index is 0.00000253. The number of thiazole rings is 1. The van der Waals surface area contributed by atoms with Gasteiger partial charge in [0.15, 0.2) is 16.0 Å². The number of thioether (sulfide) groups is 2. The number of oxime groups is 1. The van der Waals surface area contributed by atoms with Crippen molar-refractivity contribution in [2.24, 2.45) is 12.2 Å². The fraction of sp³-hybridized carbons (Fsp3) is 0.333. The normalized spacial score (nSPS) is 18.5. The van der Waals surface area contributed by atoms with Crippen molar-refractivity contribution < 1.29 is 88.5 Å². The summed E-state index contributed by atoms with van der Waals surface area (Å²) in [4.78, 5) is 62.5. The number of aliphatic carboxylic acids is 1. The summed E-state index contributed by atoms with van der Waals surface area (Å²) in [7, 11) is 2.66. The molecule has 3 N–H and O–H groups in total. The molecule has 0 saturated carbocycles. The number of aryl methyl sites for hydroxylation is 1. The van der Waals surface area contributed by atoms with Crippen molar-refractivity contribution in [2.45, 2.75) is 16.6 Å². The summed E-state index contributed by atoms with van der Waals surface area (Å²) in [5.74, 6) is -3.74. The van der Waals surface area contributed by atoms with Crippen molar-refractivity contribution in [1.82, 2.24) is 30.0 Å². The maximum atomic E-state index is 12.9. The van der Waals surface area contributed by atoms with Gasteiger partial charge in [-0.1, -0.05) is 16.9 Å². The van der Waals surface area contributed by atoms with Crippen LogP contribution in [0.25, 0.3) is 0 Å². The molecular formula is C18H16N8Na2O7S3. The quantitative estimate of drug-likeness (QED) is 0.0949. The van der Waals surface area contributed by atoms with Crippen LogP contribution in [0.4, 0.5) is 5.13 Å². The summed E-state index contributed by atoms with van der Waals surface area (Å²) in [5, 5.41) is 34.1. The third-order valence-electron chi connectivity index (χ3n) is 4.96. The van der Waals surface area contributed by atoms with Crippen LogP contribution in [0.15, 0.2) is 31.8 Å². The molecule has 1 fully saturated rings. The average Bonchev–Trinajstić information content (AvgIpc) is 3.27. The number of carboxylic acid groups (broad SMARTS) is 1. The maximum absolute atomic E-state index is 12.9. The van der Waals surface area contributed by atoms with Crippen LogP contribution in [-0.4, -0.2) is 78.2 Å². The SMILES string of the molecule is CON=C(C(=O)NC1C(=O)N2C(C(=O)[O-])=C(CSc3nc(=O)c([O-])nn3C)CSC12)c1csc(N)n1.[Na+].[Na+]. The van der Waals surface area contributed by atoms with Crippen LogP contribution in [0.3, 0.4) is 0 Å². The zero-order chi connectivity index (χ0) is 26.1. The molecule has 2 amide bonds. The molecule has 190 valence electrons. The molecule has 2 aliphatic rings. The Morgan fingerprint density at radius 2 is 2.05 bits per heavy atom. The number of aromatic nitrogens is 4. The summed E-state index contributed by atoms with van der Waals surface area (Å²) in [6.45, 7) is 0. The van der Waals surface area contributed by atoms with Gasteiger partial charge in [0.1, 0.15) is 24.2 Å². The number of β-lactam (4-membered cyclic amide) rings is 1. The Morgan fingerprint density at radius 3 is 2.66 bits per heavy atom. The third kappa shape index (κ3) is 6.56. The van der Waals surface area contributed by atoms with Crippen molar-refractivity contribution in [3.05, 3.63) is 32.7 Å². The van der Waals surface area contributed by atoms with E-state index in [4.69, 9.17) is 10.6 Å². The van der Waals surface area contributed by atoms with Crippen LogP contribution in [-0.2, 0) is 26.3 Å². The second-order valence-electron chi connectivity index (χ2n) is 7.21. The number of carbonyl (C=O) groups excluding carboxylic acids is 3. The second-order valence-corrected chi connectivity index (χ2v) is 10.1. The van der Waals surface area contributed by atoms with Crippen molar-refractivity contribution in [3.8, 4) is 5.88 Å². The molecule has 20 heteroatoms. The van der Waals surface area contributed by atoms with Gasteiger partial charge in [0.05, 0.1) is 17.5 Å². The van der Waals surface area contributed by atoms with E-state index in [0.717, 1.165) is 32.7 Å². The minimum absolute atomic E-state index is 0. The summed E-state index contributed by atoms with van der Waals surface area (Å²) < 4.78 is 1.11. The van der Waals surface area contributed by atoms with E-state index in [2.05, 4.69) is 25.5 Å². The third-order valence-corrected chi connectivity index (χ3v) is 8.08. The van der Waals surface area contributed by atoms with Gasteiger partial charge in [-0.15, -0.1) is 23.1 Å². The van der Waals surface area contributed by atoms with Gasteiger partial charge in [0, 0.05) is 23.9 Å². The molecule has 4 heterocycles. The van der Waals surface area contributed by atoms with E-state index in [0.29, 0.717) is 5.57 Å². The van der Waals surface area contributed by atoms with Gasteiger partial charge in [-0.25, -0.2) is 9.67 Å². The van der Waals surface area contributed by atoms with Gasteiger partial charge >= 0.3 is 59.1 Å². The fourth-order valence-corrected chi connectivity index (χ4v) is 6.33. The first-order valence-corrected chi connectivity index (χ1v) is 12.8. The first kappa shape index (κ1) is 32.6. The van der Waals surface area contributed by atoms with Crippen LogP contribution < -0.4 is 85.9 Å². The molecule has 1 saturated heterocycles. The smallest absolute Gasteiger partial charge is 0.854 e. The Labute approximate surface area is 271 Å². The molecule has 2 aliphatic heterocycles. The average molecular weight is 599 g/mol. The number of nitrogens with one attached hydrogen (secondary N) is 1. The number of anilines is 1. The van der Waals surface area contributed by atoms with Gasteiger partial charge in [0.25, 0.3) is 17.4 Å². The summed E-state index contributed by atoms with van der Waals surface area (Å²) in [6.07, 6.45) is 0. The molecule has 15 nitrogen and oxygen atoms in total. The molecule has 2 unspecified atom stereocenters. The van der Waals surface area contributed by atoms with Crippen molar-refractivity contribution >= 4 is 63.5 Å². The van der Waals surface area contributed by atoms with Crippen molar-refractivity contribution in [1.29, 1.82) is 0 Å². The molecular weight excluding hydrogens is 582 g/mol. The van der Waals surface area contributed by atoms with E-state index in [1.807, 2.05) is 0 Å². The number of nitrogens with two attached hydrogens (primary N) is 1. The fourth-order valence-electron chi connectivity index (χ4n) is 3.39. The second kappa shape index (κ2) is 13.6. The summed E-state index contributed by atoms with van der Waals surface area (Å²) in [5.41, 5.74) is 4.57. The van der Waals surface area contributed by atoms with E-state index in [1.54, 1.807) is 0 Å². The monoisotopic (exact) mass is 598 g/mol. The van der Waals surface area contributed by atoms with Crippen LogP contribution in [0, 0.1) is 0 Å². The molecule has 2 atom stereocenters. The van der Waals surface area contributed by atoms with Crippen molar-refractivity contribution in [3.63, 3.8) is 0 Å². The Hall–Kier alpha value is -1.64. The molecule has 0 spiro atoms. The predicted octanol–water partition coefficient (Wildman–Crippen LogP) is -9.16. The summed E-state index contributed by atoms with van der Waals surface area (Å²) in [6, 6.07) is -1.03. The number of amides is 2. The van der Waals surface area contributed by atoms with Gasteiger partial charge < -0.3 is 30.9 Å². The van der Waals surface area contributed by atoms with Gasteiger partial charge in [-0.05, 0) is 5.57 Å². The number of hydrogen-bond donors (Lipinski definition) is 2. The predicted molar refractivity (Wildman–Crippen MR) is 125 cm³/mol. The van der Waals surface area contributed by atoms with E-state index < -0.39 is 40.6 Å². The van der Waals surface area contributed by atoms with Gasteiger partial charge in [-0.2, -0.15) is 10.1 Å². The number of fused-ring (bicyclic) bond motifs is 1. The standard InChI is InChI=1S/C18H18N8O7S3.2Na/c1-25-18(22-12(28)13(29)23-25)36-4-6-3-34-15-9(14(30)26(15)10(6)16(31)32)21-11(27)8(24-33-2)7-5-35-17(19)20-7;;/h5,9,15H,3-4H2,1-2H3,(H2,19,20)(H,21,27)(H,23,29)(H,31,32);;/q;2*+1/p-2. The number of rotatable bonds is 8. The number of carboxylic acids is 1. The van der Waals surface area contributed by atoms with E-state index in [9.17, 15) is 29.4 Å². The van der Waals surface area contributed by atoms with E-state index in [1.165, 1.54) is 31.3 Å². The molecule has 38 heavy (non-hydrogen) atoms. The molecule has 0 radical (unpaired) electrons. The topological polar surface area (TPSA) is 221 Å². The summed E-state index contributed by atoms with van der Waals surface area (Å²) >= 11 is 3.31. The zero-order valence-corrected chi connectivity index (χ0v) is 26.9. The number of nitrogens with zero attached hydrogens (tertiary/aromatic N) is 6. The largest absolute Gasteiger partial charge is 1.00 e. The molecule has 0 bridgehead atoms. The number of carbonyl (C=O) groups is 3. The minimum atomic E-state index is -1.57. The van der Waals surface area contributed by atoms with Gasteiger partial charge in [-0.3, -0.25) is 19.3 Å². The molecule has 2 aromatic heterocycles. The molecule has 0 aliphatic carbocycles. The Morgan fingerprint density at radius 1 is 1.34 bits per heavy atom. The van der Waals surface area contributed by atoms with Crippen molar-refractivity contribution in [2.75, 3.05) is 24.3 Å². The van der Waals surface area contributed by atoms with Gasteiger partial charge in [0.2, 0.25) is 0 Å². The zero-order valence-electron chi connectivity index (χ0n) is 20.5. The van der Waals surface area contributed by atoms with Crippen LogP contribution in [0.2, 0.25) is 0 Å². The number of nitrogen functional groups attached to an aromatic ring is 1. The van der Waals surface area contributed by atoms with E-state index in [-0.39, 0.29) is 98.0 Å². The minimum Gasteiger partial charge on any atom is -0.854 e. The maximum Gasteiger partial charge on any atom is 1.00 e. The van der Waals surface area contributed by atoms with Crippen LogP contribution in [0.1, 0.15) is 5.69 Å². The molecule has 2 aromatic rings. The van der Waals surface area contributed by atoms with E-state index >= 15 is 0 Å². The number of hydrogen-bond acceptors (Lipinski definition) is 15. The molecule has 4 rings (SSSR count). The Kier molecular flexibility index (Phi) is 11.7. The molecule has 0 aromatic carbocycles. The van der Waals surface area contributed by atoms with Crippen LogP contribution in [0.5, 0.6) is 5.88 Å². The first-order valence-electron chi connectivity index (χ1n) is 9.89. The Bertz CT molecular complexity index is 1380. The first-order chi connectivity index (χ1) is 17.1.